The molecule has 1 fully saturated rings. The summed E-state index contributed by atoms with van der Waals surface area (Å²) < 4.78 is 1.43. The molecule has 0 bridgehead atoms. The summed E-state index contributed by atoms with van der Waals surface area (Å²) in [6, 6.07) is 25.8. The number of nitrogens with one attached hydrogen (secondary N) is 1. The number of fused-ring (bicyclic) bond motifs is 2. The number of benzene rings is 3. The SMILES string of the molecule is Cc1ccc(NC(=O)Cn2c3c(sc2=O)[C@H](c2ccccc2)C2C(=O)N(c4ccccc4)C(=O)C2S3)cc1. The molecule has 1 N–H and O–H groups in total. The van der Waals surface area contributed by atoms with Gasteiger partial charge in [0.2, 0.25) is 17.7 Å². The van der Waals surface area contributed by atoms with Crippen molar-refractivity contribution in [1.29, 1.82) is 0 Å². The number of aromatic nitrogens is 1. The molecule has 190 valence electrons. The number of hydrogen-bond acceptors (Lipinski definition) is 6. The minimum atomic E-state index is -0.708. The predicted octanol–water partition coefficient (Wildman–Crippen LogP) is 4.65. The second-order valence-corrected chi connectivity index (χ2v) is 11.5. The lowest BCUT2D eigenvalue weighted by molar-refractivity contribution is -0.122. The van der Waals surface area contributed by atoms with E-state index in [0.29, 0.717) is 21.3 Å². The summed E-state index contributed by atoms with van der Waals surface area (Å²) in [7, 11) is 0. The van der Waals surface area contributed by atoms with Crippen LogP contribution in [0.3, 0.4) is 0 Å². The van der Waals surface area contributed by atoms with Gasteiger partial charge in [-0.2, -0.15) is 0 Å². The van der Waals surface area contributed by atoms with E-state index in [0.717, 1.165) is 22.5 Å². The first kappa shape index (κ1) is 24.4. The Morgan fingerprint density at radius 3 is 2.21 bits per heavy atom. The molecule has 0 aliphatic carbocycles. The number of carbonyl (C=O) groups is 3. The number of hydrogen-bond donors (Lipinski definition) is 1. The maximum absolute atomic E-state index is 13.8. The molecule has 2 aliphatic heterocycles. The predicted molar refractivity (Wildman–Crippen MR) is 149 cm³/mol. The number of carbonyl (C=O) groups excluding carboxylic acids is 3. The number of thiazole rings is 1. The largest absolute Gasteiger partial charge is 0.325 e. The van der Waals surface area contributed by atoms with Gasteiger partial charge in [-0.05, 0) is 36.8 Å². The van der Waals surface area contributed by atoms with Crippen molar-refractivity contribution in [2.75, 3.05) is 10.2 Å². The molecule has 1 saturated heterocycles. The Hall–Kier alpha value is -3.95. The lowest BCUT2D eigenvalue weighted by atomic mass is 9.83. The summed E-state index contributed by atoms with van der Waals surface area (Å²) in [5.41, 5.74) is 3.10. The van der Waals surface area contributed by atoms with Crippen LogP contribution in [-0.4, -0.2) is 27.5 Å². The van der Waals surface area contributed by atoms with E-state index in [9.17, 15) is 19.2 Å². The van der Waals surface area contributed by atoms with E-state index in [-0.39, 0.29) is 29.1 Å². The van der Waals surface area contributed by atoms with Crippen LogP contribution in [0.4, 0.5) is 11.4 Å². The third-order valence-corrected chi connectivity index (χ3v) is 9.46. The van der Waals surface area contributed by atoms with Crippen LogP contribution >= 0.6 is 23.1 Å². The van der Waals surface area contributed by atoms with Crippen LogP contribution < -0.4 is 15.1 Å². The quantitative estimate of drug-likeness (QED) is 0.372. The van der Waals surface area contributed by atoms with Gasteiger partial charge in [-0.25, -0.2) is 4.90 Å². The average molecular weight is 542 g/mol. The van der Waals surface area contributed by atoms with Gasteiger partial charge in [0.25, 0.3) is 0 Å². The summed E-state index contributed by atoms with van der Waals surface area (Å²) in [5, 5.41) is 2.71. The molecular formula is C29H23N3O4S2. The highest BCUT2D eigenvalue weighted by Crippen LogP contribution is 2.53. The normalized spacial score (nSPS) is 20.2. The van der Waals surface area contributed by atoms with Crippen LogP contribution in [0.5, 0.6) is 0 Å². The summed E-state index contributed by atoms with van der Waals surface area (Å²) >= 11 is 2.26. The van der Waals surface area contributed by atoms with Gasteiger partial charge in [0, 0.05) is 16.5 Å². The fourth-order valence-corrected chi connectivity index (χ4v) is 7.86. The van der Waals surface area contributed by atoms with Crippen molar-refractivity contribution in [3.05, 3.63) is 111 Å². The third kappa shape index (κ3) is 4.17. The fraction of sp³-hybridized carbons (Fsp3) is 0.172. The standard InChI is InChI=1S/C29H23N3O4S2/c1-17-12-14-19(15-13-17)30-21(33)16-31-28-25(38-29(31)36)22(18-8-4-2-5-9-18)23-24(37-28)27(35)32(26(23)34)20-10-6-3-7-11-20/h2-15,22-24H,16H2,1H3,(H,30,33)/t22-,23?,24?/m1/s1. The lowest BCUT2D eigenvalue weighted by Crippen LogP contribution is -2.33. The molecule has 0 spiro atoms. The number of anilines is 2. The second kappa shape index (κ2) is 9.74. The zero-order chi connectivity index (χ0) is 26.4. The van der Waals surface area contributed by atoms with Crippen LogP contribution in [0.2, 0.25) is 0 Å². The summed E-state index contributed by atoms with van der Waals surface area (Å²) in [6.45, 7) is 1.78. The van der Waals surface area contributed by atoms with E-state index in [2.05, 4.69) is 5.32 Å². The van der Waals surface area contributed by atoms with Crippen LogP contribution in [0.25, 0.3) is 0 Å². The van der Waals surface area contributed by atoms with Gasteiger partial charge in [-0.3, -0.25) is 23.7 Å². The molecule has 2 unspecified atom stereocenters. The minimum Gasteiger partial charge on any atom is -0.325 e. The molecule has 3 atom stereocenters. The highest BCUT2D eigenvalue weighted by molar-refractivity contribution is 8.00. The smallest absolute Gasteiger partial charge is 0.308 e. The number of nitrogens with zero attached hydrogens (tertiary/aromatic N) is 2. The molecule has 4 aromatic rings. The molecule has 6 rings (SSSR count). The number of imide groups is 1. The molecule has 38 heavy (non-hydrogen) atoms. The second-order valence-electron chi connectivity index (χ2n) is 9.34. The first-order valence-electron chi connectivity index (χ1n) is 12.2. The molecule has 3 amide bonds. The van der Waals surface area contributed by atoms with Crippen LogP contribution in [0.15, 0.2) is 94.7 Å². The van der Waals surface area contributed by atoms with Gasteiger partial charge < -0.3 is 5.32 Å². The summed E-state index contributed by atoms with van der Waals surface area (Å²) in [4.78, 5) is 55.3. The molecule has 2 aliphatic rings. The number of para-hydroxylation sites is 1. The Balaban J connectivity index is 1.40. The van der Waals surface area contributed by atoms with Crippen molar-refractivity contribution < 1.29 is 14.4 Å². The first-order valence-corrected chi connectivity index (χ1v) is 13.9. The van der Waals surface area contributed by atoms with E-state index in [1.165, 1.54) is 21.2 Å². The van der Waals surface area contributed by atoms with Crippen molar-refractivity contribution in [2.24, 2.45) is 5.92 Å². The topological polar surface area (TPSA) is 88.5 Å². The van der Waals surface area contributed by atoms with Crippen molar-refractivity contribution in [3.63, 3.8) is 0 Å². The van der Waals surface area contributed by atoms with E-state index in [1.54, 1.807) is 24.3 Å². The molecule has 9 heteroatoms. The van der Waals surface area contributed by atoms with E-state index in [1.807, 2.05) is 67.6 Å². The van der Waals surface area contributed by atoms with Crippen molar-refractivity contribution >= 4 is 52.2 Å². The Morgan fingerprint density at radius 1 is 0.868 bits per heavy atom. The number of amides is 3. The summed E-state index contributed by atoms with van der Waals surface area (Å²) in [5.74, 6) is -2.05. The van der Waals surface area contributed by atoms with Gasteiger partial charge in [0.05, 0.1) is 16.6 Å². The molecule has 1 aromatic heterocycles. The summed E-state index contributed by atoms with van der Waals surface area (Å²) in [6.07, 6.45) is 0. The first-order chi connectivity index (χ1) is 18.4. The molecule has 3 aromatic carbocycles. The molecular weight excluding hydrogens is 518 g/mol. The zero-order valence-corrected chi connectivity index (χ0v) is 22.0. The van der Waals surface area contributed by atoms with Gasteiger partial charge in [0.15, 0.2) is 0 Å². The van der Waals surface area contributed by atoms with Crippen LogP contribution in [-0.2, 0) is 20.9 Å². The van der Waals surface area contributed by atoms with Gasteiger partial charge in [-0.15, -0.1) is 0 Å². The Labute approximate surface area is 227 Å². The Bertz CT molecular complexity index is 1600. The Morgan fingerprint density at radius 2 is 1.53 bits per heavy atom. The van der Waals surface area contributed by atoms with Crippen molar-refractivity contribution in [3.8, 4) is 0 Å². The number of rotatable bonds is 5. The van der Waals surface area contributed by atoms with Gasteiger partial charge >= 0.3 is 4.87 Å². The minimum absolute atomic E-state index is 0.186. The van der Waals surface area contributed by atoms with Gasteiger partial charge in [0.1, 0.15) is 11.8 Å². The molecule has 3 heterocycles. The van der Waals surface area contributed by atoms with Crippen LogP contribution in [0, 0.1) is 12.8 Å². The van der Waals surface area contributed by atoms with E-state index < -0.39 is 17.1 Å². The molecule has 0 saturated carbocycles. The van der Waals surface area contributed by atoms with Gasteiger partial charge in [-0.1, -0.05) is 89.3 Å². The maximum Gasteiger partial charge on any atom is 0.308 e. The maximum atomic E-state index is 13.8. The molecule has 0 radical (unpaired) electrons. The fourth-order valence-electron chi connectivity index (χ4n) is 5.09. The number of aryl methyl sites for hydroxylation is 1. The highest BCUT2D eigenvalue weighted by Gasteiger charge is 2.56. The van der Waals surface area contributed by atoms with Crippen LogP contribution in [0.1, 0.15) is 21.9 Å². The van der Waals surface area contributed by atoms with E-state index >= 15 is 0 Å². The van der Waals surface area contributed by atoms with Crippen molar-refractivity contribution in [1.82, 2.24) is 4.57 Å². The lowest BCUT2D eigenvalue weighted by Gasteiger charge is -2.30. The number of thioether (sulfide) groups is 1. The monoisotopic (exact) mass is 541 g/mol. The molecule has 7 nitrogen and oxygen atoms in total. The average Bonchev–Trinajstić information content (AvgIpc) is 3.37. The van der Waals surface area contributed by atoms with E-state index in [4.69, 9.17) is 0 Å². The highest BCUT2D eigenvalue weighted by atomic mass is 32.2. The zero-order valence-electron chi connectivity index (χ0n) is 20.4. The third-order valence-electron chi connectivity index (χ3n) is 6.86. The van der Waals surface area contributed by atoms with Crippen molar-refractivity contribution in [2.45, 2.75) is 29.7 Å². The Kier molecular flexibility index (Phi) is 6.25.